The van der Waals surface area contributed by atoms with Crippen LogP contribution in [-0.2, 0) is 10.1 Å². The minimum absolute atomic E-state index is 0.0359. The standard InChI is InChI=1S/C7H9BrO4S/c1-5-2-3-6(9)7(8,4-5)13(10,11)12/h2-3,9H,4H2,1H3,(H,10,11,12). The molecule has 0 aromatic rings. The van der Waals surface area contributed by atoms with Crippen LogP contribution in [0, 0.1) is 0 Å². The fourth-order valence-corrected chi connectivity index (χ4v) is 2.39. The first-order valence-corrected chi connectivity index (χ1v) is 5.73. The maximum Gasteiger partial charge on any atom is 0.288 e. The molecule has 6 heteroatoms. The molecule has 4 nitrogen and oxygen atoms in total. The number of hydrogen-bond acceptors (Lipinski definition) is 3. The smallest absolute Gasteiger partial charge is 0.288 e. The average molecular weight is 269 g/mol. The third-order valence-corrected chi connectivity index (χ3v) is 4.91. The fraction of sp³-hybridized carbons (Fsp3) is 0.429. The predicted octanol–water partition coefficient (Wildman–Crippen LogP) is 1.76. The lowest BCUT2D eigenvalue weighted by atomic mass is 10.1. The quantitative estimate of drug-likeness (QED) is 0.561. The van der Waals surface area contributed by atoms with Crippen LogP contribution in [0.4, 0.5) is 0 Å². The molecule has 1 aliphatic carbocycles. The SMILES string of the molecule is CC1=CC=C(O)C(Br)(S(=O)(=O)O)C1. The molecule has 0 bridgehead atoms. The Kier molecular flexibility index (Phi) is 2.57. The van der Waals surface area contributed by atoms with Crippen LogP contribution in [0.25, 0.3) is 0 Å². The number of aliphatic hydroxyl groups is 1. The summed E-state index contributed by atoms with van der Waals surface area (Å²) in [7, 11) is -4.35. The summed E-state index contributed by atoms with van der Waals surface area (Å²) in [6, 6.07) is 0. The Labute approximate surface area is 84.8 Å². The molecule has 74 valence electrons. The van der Waals surface area contributed by atoms with Gasteiger partial charge in [0.05, 0.1) is 0 Å². The van der Waals surface area contributed by atoms with Crippen LogP contribution in [0.15, 0.2) is 23.5 Å². The van der Waals surface area contributed by atoms with Gasteiger partial charge in [-0.05, 0) is 13.0 Å². The molecule has 0 heterocycles. The topological polar surface area (TPSA) is 74.6 Å². The first-order valence-electron chi connectivity index (χ1n) is 3.50. The van der Waals surface area contributed by atoms with E-state index in [-0.39, 0.29) is 6.42 Å². The molecular formula is C7H9BrO4S. The van der Waals surface area contributed by atoms with E-state index in [4.69, 9.17) is 4.55 Å². The summed E-state index contributed by atoms with van der Waals surface area (Å²) in [5.74, 6) is -0.402. The summed E-state index contributed by atoms with van der Waals surface area (Å²) in [5, 5.41) is 9.31. The van der Waals surface area contributed by atoms with Crippen molar-refractivity contribution in [1.29, 1.82) is 0 Å². The lowest BCUT2D eigenvalue weighted by Gasteiger charge is -2.26. The van der Waals surface area contributed by atoms with Crippen molar-refractivity contribution < 1.29 is 18.1 Å². The van der Waals surface area contributed by atoms with Crippen molar-refractivity contribution >= 4 is 26.0 Å². The van der Waals surface area contributed by atoms with Crippen LogP contribution < -0.4 is 0 Å². The highest BCUT2D eigenvalue weighted by Gasteiger charge is 2.45. The molecule has 1 unspecified atom stereocenters. The Hall–Kier alpha value is -0.330. The van der Waals surface area contributed by atoms with Crippen molar-refractivity contribution in [2.45, 2.75) is 17.0 Å². The number of aliphatic hydroxyl groups excluding tert-OH is 1. The third-order valence-electron chi connectivity index (χ3n) is 1.82. The highest BCUT2D eigenvalue weighted by atomic mass is 79.9. The lowest BCUT2D eigenvalue weighted by Crippen LogP contribution is -2.35. The molecular weight excluding hydrogens is 260 g/mol. The van der Waals surface area contributed by atoms with E-state index in [1.807, 2.05) is 0 Å². The van der Waals surface area contributed by atoms with Gasteiger partial charge < -0.3 is 5.11 Å². The number of rotatable bonds is 1. The van der Waals surface area contributed by atoms with Gasteiger partial charge in [0.25, 0.3) is 10.1 Å². The molecule has 0 fully saturated rings. The van der Waals surface area contributed by atoms with Gasteiger partial charge in [0.2, 0.25) is 3.66 Å². The Morgan fingerprint density at radius 2 is 2.08 bits per heavy atom. The van der Waals surface area contributed by atoms with Crippen molar-refractivity contribution in [1.82, 2.24) is 0 Å². The molecule has 0 spiro atoms. The van der Waals surface area contributed by atoms with Gasteiger partial charge in [-0.15, -0.1) is 0 Å². The van der Waals surface area contributed by atoms with E-state index in [1.54, 1.807) is 13.0 Å². The molecule has 1 aliphatic rings. The average Bonchev–Trinajstić information content (AvgIpc) is 1.95. The van der Waals surface area contributed by atoms with Gasteiger partial charge in [-0.3, -0.25) is 4.55 Å². The van der Waals surface area contributed by atoms with E-state index in [9.17, 15) is 13.5 Å². The molecule has 0 amide bonds. The summed E-state index contributed by atoms with van der Waals surface area (Å²) in [6.45, 7) is 1.71. The van der Waals surface area contributed by atoms with E-state index in [1.165, 1.54) is 6.08 Å². The molecule has 0 saturated carbocycles. The maximum absolute atomic E-state index is 10.9. The first-order chi connectivity index (χ1) is 5.77. The summed E-state index contributed by atoms with van der Waals surface area (Å²) < 4.78 is 29.0. The van der Waals surface area contributed by atoms with Crippen LogP contribution in [0.2, 0.25) is 0 Å². The van der Waals surface area contributed by atoms with Gasteiger partial charge in [0, 0.05) is 6.42 Å². The van der Waals surface area contributed by atoms with Crippen LogP contribution in [0.5, 0.6) is 0 Å². The van der Waals surface area contributed by atoms with E-state index in [2.05, 4.69) is 15.9 Å². The van der Waals surface area contributed by atoms with Gasteiger partial charge in [0.1, 0.15) is 5.76 Å². The molecule has 0 aliphatic heterocycles. The molecule has 2 N–H and O–H groups in total. The highest BCUT2D eigenvalue weighted by molar-refractivity contribution is 9.11. The normalized spacial score (nSPS) is 29.5. The van der Waals surface area contributed by atoms with E-state index >= 15 is 0 Å². The zero-order chi connectivity index (χ0) is 10.3. The minimum atomic E-state index is -4.35. The third kappa shape index (κ3) is 1.79. The lowest BCUT2D eigenvalue weighted by molar-refractivity contribution is 0.363. The zero-order valence-corrected chi connectivity index (χ0v) is 9.26. The summed E-state index contributed by atoms with van der Waals surface area (Å²) in [5.41, 5.74) is 0.757. The second-order valence-corrected chi connectivity index (χ2v) is 6.47. The largest absolute Gasteiger partial charge is 0.510 e. The number of allylic oxidation sites excluding steroid dienone is 3. The van der Waals surface area contributed by atoms with Crippen molar-refractivity contribution in [3.05, 3.63) is 23.5 Å². The van der Waals surface area contributed by atoms with Crippen LogP contribution in [0.3, 0.4) is 0 Å². The second-order valence-electron chi connectivity index (χ2n) is 2.95. The van der Waals surface area contributed by atoms with Gasteiger partial charge in [-0.2, -0.15) is 8.42 Å². The van der Waals surface area contributed by atoms with E-state index in [0.717, 1.165) is 5.57 Å². The number of halogens is 1. The van der Waals surface area contributed by atoms with Crippen molar-refractivity contribution in [2.24, 2.45) is 0 Å². The zero-order valence-electron chi connectivity index (χ0n) is 6.86. The monoisotopic (exact) mass is 268 g/mol. The van der Waals surface area contributed by atoms with Crippen molar-refractivity contribution in [3.8, 4) is 0 Å². The Bertz CT molecular complexity index is 381. The molecule has 0 saturated heterocycles. The molecule has 1 rings (SSSR count). The first kappa shape index (κ1) is 10.7. The molecule has 0 radical (unpaired) electrons. The Balaban J connectivity index is 3.23. The predicted molar refractivity (Wildman–Crippen MR) is 52.3 cm³/mol. The van der Waals surface area contributed by atoms with Gasteiger partial charge in [-0.1, -0.05) is 27.6 Å². The molecule has 1 atom stereocenters. The Morgan fingerprint density at radius 3 is 2.46 bits per heavy atom. The Morgan fingerprint density at radius 1 is 1.54 bits per heavy atom. The molecule has 0 aromatic carbocycles. The van der Waals surface area contributed by atoms with Crippen molar-refractivity contribution in [2.75, 3.05) is 0 Å². The summed E-state index contributed by atoms with van der Waals surface area (Å²) in [4.78, 5) is 0. The van der Waals surface area contributed by atoms with Crippen LogP contribution in [-0.4, -0.2) is 21.7 Å². The fourth-order valence-electron chi connectivity index (χ4n) is 1.08. The van der Waals surface area contributed by atoms with Gasteiger partial charge in [0.15, 0.2) is 0 Å². The second kappa shape index (κ2) is 3.11. The van der Waals surface area contributed by atoms with Crippen molar-refractivity contribution in [3.63, 3.8) is 0 Å². The summed E-state index contributed by atoms with van der Waals surface area (Å²) in [6.07, 6.45) is 2.88. The van der Waals surface area contributed by atoms with Gasteiger partial charge >= 0.3 is 0 Å². The summed E-state index contributed by atoms with van der Waals surface area (Å²) >= 11 is 2.83. The van der Waals surface area contributed by atoms with Gasteiger partial charge in [-0.25, -0.2) is 0 Å². The maximum atomic E-state index is 10.9. The molecule has 13 heavy (non-hydrogen) atoms. The number of hydrogen-bond donors (Lipinski definition) is 2. The highest BCUT2D eigenvalue weighted by Crippen LogP contribution is 2.40. The van der Waals surface area contributed by atoms with E-state index in [0.29, 0.717) is 0 Å². The van der Waals surface area contributed by atoms with Crippen LogP contribution >= 0.6 is 15.9 Å². The molecule has 0 aromatic heterocycles. The van der Waals surface area contributed by atoms with E-state index < -0.39 is 19.5 Å². The minimum Gasteiger partial charge on any atom is -0.510 e. The number of alkyl halides is 1. The van der Waals surface area contributed by atoms with Crippen LogP contribution in [0.1, 0.15) is 13.3 Å².